The number of aromatic nitrogens is 6. The normalized spacial score (nSPS) is 12.0. The number of nitrogens with zero attached hydrogens (tertiary/aromatic N) is 7. The fourth-order valence-corrected chi connectivity index (χ4v) is 12.8. The predicted molar refractivity (Wildman–Crippen MR) is 463 cm³/mol. The molecule has 0 radical (unpaired) electrons. The molecule has 1 aliphatic heterocycles. The van der Waals surface area contributed by atoms with Crippen molar-refractivity contribution in [2.75, 3.05) is 28.4 Å². The number of anilines is 4. The zero-order chi connectivity index (χ0) is 87.3. The summed E-state index contributed by atoms with van der Waals surface area (Å²) in [4.78, 5) is 129. The standard InChI is InChI=1S/C11H13BrN2O4.C11H11BrN2O.C11H12N2O2.C10H11BrN2O4.C10H11BrN2O.C10H9BrN2O.C7H5BrFNO2.C7H6FNO2/c1-6-8(12)4-5-9(10(6)14(16)17)13-7(2)11(15)18-3;1-6-8(5-12)3-4-9-10(6)14-11(15)7(2)13-9;1-6-8(5-14)3-4-9-10(6)13-11(15)7(2)12-9;1-5-7(11)3-4-8(9(5)13(16)17)12-6(2)10(14)15;2*1-5-7(11)3-4-8-9(5)13-10(14)6(2)12-8;1-4-5(8)2-3-6(9)7(4)10(11)12;1-5-3-2-4-6(8)7(5)9(10)11/h4-5,7,13H,1-3H3;3-4H,5H2,1-2H3,(H,14,15);3-4,14H,5H2,1-2H3,(H,13,15);3-4,6,12H,1-2H3,(H,14,15);3-4,6,12H,1-2H3,(H,13,14);3-4H,1-2H3,(H,13,14);2-3H,1H3;2-4H,1H3. The largest absolute Gasteiger partial charge is 0.480 e. The van der Waals surface area contributed by atoms with Crippen LogP contribution in [0.5, 0.6) is 0 Å². The summed E-state index contributed by atoms with van der Waals surface area (Å²) in [5.41, 5.74) is 14.7. The highest BCUT2D eigenvalue weighted by molar-refractivity contribution is 9.11. The van der Waals surface area contributed by atoms with Crippen molar-refractivity contribution >= 4 is 192 Å². The number of nitro groups is 4. The SMILES string of the molecule is COC(=O)C(C)Nc1ccc(Br)c(C)c1[N+](=O)[O-].Cc1c(Br)ccc(F)c1[N+](=O)[O-].Cc1c(Br)ccc(NC(C)C(=O)O)c1[N+](=O)[O-].Cc1c(Br)ccc2c1NC(=O)C(C)N2.Cc1cccc(F)c1[N+](=O)[O-].Cc1nc2ccc(Br)c(C)c2[nH]c1=O.Cc1nc2ccc(CBr)c(C)c2[nH]c1=O.Cc1nc2ccc(CO)c(C)c2[nH]c1=O. The summed E-state index contributed by atoms with van der Waals surface area (Å²) in [7, 11) is 1.27. The van der Waals surface area contributed by atoms with Crippen LogP contribution in [-0.4, -0.2) is 103 Å². The number of aliphatic hydroxyl groups excluding tert-OH is 1. The number of aliphatic carboxylic acids is 1. The van der Waals surface area contributed by atoms with E-state index in [2.05, 4.69) is 151 Å². The van der Waals surface area contributed by atoms with Crippen LogP contribution >= 0.6 is 95.6 Å². The van der Waals surface area contributed by atoms with Crippen molar-refractivity contribution in [3.8, 4) is 0 Å². The van der Waals surface area contributed by atoms with Gasteiger partial charge in [-0.25, -0.2) is 19.7 Å². The molecule has 614 valence electrons. The van der Waals surface area contributed by atoms with Gasteiger partial charge in [-0.15, -0.1) is 0 Å². The first-order chi connectivity index (χ1) is 54.3. The van der Waals surface area contributed by atoms with Gasteiger partial charge in [0.2, 0.25) is 17.5 Å². The van der Waals surface area contributed by atoms with E-state index in [1.165, 1.54) is 57.7 Å². The number of methoxy groups -OCH3 is 1. The van der Waals surface area contributed by atoms with E-state index in [4.69, 9.17) is 10.2 Å². The van der Waals surface area contributed by atoms with Gasteiger partial charge in [0.05, 0.1) is 77.9 Å². The Labute approximate surface area is 711 Å². The maximum absolute atomic E-state index is 12.8. The summed E-state index contributed by atoms with van der Waals surface area (Å²) in [5.74, 6) is -3.13. The second-order valence-electron chi connectivity index (χ2n) is 25.4. The van der Waals surface area contributed by atoms with Gasteiger partial charge in [0.1, 0.15) is 46.6 Å². The molecular weight excluding hydrogens is 1910 g/mol. The summed E-state index contributed by atoms with van der Waals surface area (Å²) in [6.07, 6.45) is 0. The van der Waals surface area contributed by atoms with Crippen LogP contribution in [0.3, 0.4) is 0 Å². The number of carboxylic acid groups (broad SMARTS) is 1. The van der Waals surface area contributed by atoms with Crippen molar-refractivity contribution in [1.82, 2.24) is 29.9 Å². The number of halogens is 8. The summed E-state index contributed by atoms with van der Waals surface area (Å²) >= 11 is 19.8. The van der Waals surface area contributed by atoms with Crippen molar-refractivity contribution in [2.45, 2.75) is 127 Å². The molecule has 11 aromatic rings. The Morgan fingerprint density at radius 1 is 0.509 bits per heavy atom. The lowest BCUT2D eigenvalue weighted by molar-refractivity contribution is -0.388. The van der Waals surface area contributed by atoms with Crippen LogP contribution in [0.1, 0.15) is 93.5 Å². The Kier molecular flexibility index (Phi) is 35.8. The quantitative estimate of drug-likeness (QED) is 0.0237. The molecule has 4 heterocycles. The van der Waals surface area contributed by atoms with Crippen molar-refractivity contribution < 1.29 is 57.8 Å². The van der Waals surface area contributed by atoms with E-state index >= 15 is 0 Å². The maximum atomic E-state index is 12.8. The number of carbonyl (C=O) groups is 3. The molecule has 39 heteroatoms. The van der Waals surface area contributed by atoms with Gasteiger partial charge in [0.25, 0.3) is 28.1 Å². The molecule has 12 rings (SSSR count). The van der Waals surface area contributed by atoms with E-state index in [1.807, 2.05) is 77.1 Å². The summed E-state index contributed by atoms with van der Waals surface area (Å²) < 4.78 is 33.8. The zero-order valence-electron chi connectivity index (χ0n) is 64.6. The molecule has 3 aromatic heterocycles. The molecule has 0 saturated heterocycles. The van der Waals surface area contributed by atoms with Crippen LogP contribution in [0.2, 0.25) is 0 Å². The van der Waals surface area contributed by atoms with Crippen LogP contribution < -0.4 is 37.9 Å². The average Bonchev–Trinajstić information content (AvgIpc) is 0.805. The fraction of sp³-hybridized carbons (Fsp3) is 0.260. The number of hydrogen-bond acceptors (Lipinski definition) is 22. The monoisotopic (exact) mass is 1980 g/mol. The number of aryl methyl sites for hydroxylation is 7. The molecule has 0 aliphatic carbocycles. The Hall–Kier alpha value is -10.7. The van der Waals surface area contributed by atoms with Crippen LogP contribution in [0.25, 0.3) is 33.1 Å². The average molecular weight is 1990 g/mol. The number of H-pyrrole nitrogens is 3. The van der Waals surface area contributed by atoms with Gasteiger partial charge in [0, 0.05) is 49.9 Å². The van der Waals surface area contributed by atoms with Gasteiger partial charge >= 0.3 is 23.3 Å². The molecule has 9 N–H and O–H groups in total. The molecule has 31 nitrogen and oxygen atoms in total. The number of aliphatic hydroxyl groups is 1. The second kappa shape index (κ2) is 43.3. The van der Waals surface area contributed by atoms with Crippen molar-refractivity contribution in [3.05, 3.63) is 281 Å². The molecule has 0 spiro atoms. The number of nitrogens with one attached hydrogen (secondary N) is 7. The van der Waals surface area contributed by atoms with Crippen LogP contribution in [0.15, 0.2) is 140 Å². The highest BCUT2D eigenvalue weighted by Crippen LogP contribution is 2.37. The number of esters is 1. The second-order valence-corrected chi connectivity index (χ2v) is 30.2. The van der Waals surface area contributed by atoms with Crippen molar-refractivity contribution in [2.24, 2.45) is 0 Å². The molecule has 116 heavy (non-hydrogen) atoms. The molecular formula is C77H78Br6F2N14O17. The van der Waals surface area contributed by atoms with Gasteiger partial charge in [-0.1, -0.05) is 120 Å². The first-order valence-corrected chi connectivity index (χ1v) is 39.3. The van der Waals surface area contributed by atoms with Crippen molar-refractivity contribution in [3.63, 3.8) is 0 Å². The minimum atomic E-state index is -1.07. The number of alkyl halides is 1. The Balaban J connectivity index is 0.000000237. The summed E-state index contributed by atoms with van der Waals surface area (Å²) in [6.45, 7) is 23.9. The van der Waals surface area contributed by atoms with Gasteiger partial charge < -0.3 is 51.2 Å². The number of para-hydroxylation sites is 1. The topological polar surface area (TPSA) is 459 Å². The number of benzene rings is 8. The van der Waals surface area contributed by atoms with E-state index < -0.39 is 66.7 Å². The number of rotatable bonds is 12. The number of aromatic amines is 3. The summed E-state index contributed by atoms with van der Waals surface area (Å²) in [5, 5.41) is 72.6. The third kappa shape index (κ3) is 24.9. The fourth-order valence-electron chi connectivity index (χ4n) is 10.6. The Bertz CT molecular complexity index is 5670. The maximum Gasteiger partial charge on any atom is 0.327 e. The van der Waals surface area contributed by atoms with Crippen LogP contribution in [0.4, 0.5) is 54.3 Å². The lowest BCUT2D eigenvalue weighted by Crippen LogP contribution is -2.36. The first kappa shape index (κ1) is 95.9. The minimum Gasteiger partial charge on any atom is -0.480 e. The molecule has 3 atom stereocenters. The molecule has 3 unspecified atom stereocenters. The zero-order valence-corrected chi connectivity index (χ0v) is 74.1. The number of carboxylic acids is 1. The number of hydrogen-bond donors (Lipinski definition) is 9. The Morgan fingerprint density at radius 2 is 0.879 bits per heavy atom. The van der Waals surface area contributed by atoms with Crippen LogP contribution in [-0.2, 0) is 31.1 Å². The molecule has 0 bridgehead atoms. The van der Waals surface area contributed by atoms with E-state index in [9.17, 15) is 78.0 Å². The smallest absolute Gasteiger partial charge is 0.327 e. The Morgan fingerprint density at radius 3 is 1.28 bits per heavy atom. The third-order valence-electron chi connectivity index (χ3n) is 17.4. The number of nitro benzene ring substituents is 4. The number of carbonyl (C=O) groups excluding carboxylic acids is 2. The van der Waals surface area contributed by atoms with Gasteiger partial charge in [-0.05, 0) is 209 Å². The lowest BCUT2D eigenvalue weighted by Gasteiger charge is -2.25. The predicted octanol–water partition coefficient (Wildman–Crippen LogP) is 18.3. The van der Waals surface area contributed by atoms with Crippen LogP contribution in [0, 0.1) is 128 Å². The molecule has 0 saturated carbocycles. The number of fused-ring (bicyclic) bond motifs is 4. The van der Waals surface area contributed by atoms with E-state index in [-0.39, 0.29) is 52.3 Å². The minimum absolute atomic E-state index is 0.0127. The molecule has 1 amide bonds. The lowest BCUT2D eigenvalue weighted by atomic mass is 10.1. The highest BCUT2D eigenvalue weighted by atomic mass is 79.9. The van der Waals surface area contributed by atoms with E-state index in [0.29, 0.717) is 64.0 Å². The van der Waals surface area contributed by atoms with Crippen molar-refractivity contribution in [1.29, 1.82) is 0 Å². The summed E-state index contributed by atoms with van der Waals surface area (Å²) in [6, 6.07) is 26.5. The molecule has 8 aromatic carbocycles. The highest BCUT2D eigenvalue weighted by Gasteiger charge is 2.27. The van der Waals surface area contributed by atoms with Gasteiger partial charge in [-0.2, -0.15) is 8.78 Å². The molecule has 1 aliphatic rings. The van der Waals surface area contributed by atoms with E-state index in [0.717, 1.165) is 93.2 Å². The first-order valence-electron chi connectivity index (χ1n) is 34.2. The third-order valence-corrected chi connectivity index (χ3v) is 22.3. The molecule has 0 fully saturated rings. The van der Waals surface area contributed by atoms with Gasteiger partial charge in [0.15, 0.2) is 0 Å². The number of amides is 1. The number of ether oxygens (including phenoxy) is 1. The van der Waals surface area contributed by atoms with Gasteiger partial charge in [-0.3, -0.25) is 64.4 Å². The van der Waals surface area contributed by atoms with E-state index in [1.54, 1.807) is 65.8 Å².